The quantitative estimate of drug-likeness (QED) is 0.354. The van der Waals surface area contributed by atoms with E-state index in [1.165, 1.54) is 29.2 Å². The lowest BCUT2D eigenvalue weighted by atomic mass is 10.0. The molecule has 0 spiro atoms. The summed E-state index contributed by atoms with van der Waals surface area (Å²) in [5.41, 5.74) is 1.74. The Morgan fingerprint density at radius 2 is 1.70 bits per heavy atom. The summed E-state index contributed by atoms with van der Waals surface area (Å²) in [4.78, 5) is 33.9. The molecule has 0 unspecified atom stereocenters. The minimum absolute atomic E-state index is 0.260. The van der Waals surface area contributed by atoms with Crippen molar-refractivity contribution in [1.82, 2.24) is 30.5 Å². The number of carbonyl (C=O) groups excluding carboxylic acids is 2. The topological polar surface area (TPSA) is 106 Å². The van der Waals surface area contributed by atoms with E-state index < -0.39 is 11.9 Å². The van der Waals surface area contributed by atoms with Gasteiger partial charge in [-0.25, -0.2) is 4.39 Å². The van der Waals surface area contributed by atoms with Crippen LogP contribution in [0.3, 0.4) is 0 Å². The maximum atomic E-state index is 13.8. The van der Waals surface area contributed by atoms with Gasteiger partial charge in [0.15, 0.2) is 0 Å². The third-order valence-corrected chi connectivity index (χ3v) is 5.68. The summed E-state index contributed by atoms with van der Waals surface area (Å²) in [7, 11) is 0. The molecule has 0 fully saturated rings. The van der Waals surface area contributed by atoms with Crippen LogP contribution in [0.15, 0.2) is 79.1 Å². The third-order valence-electron chi connectivity index (χ3n) is 5.68. The number of hydrogen-bond donors (Lipinski definition) is 1. The summed E-state index contributed by atoms with van der Waals surface area (Å²) in [5.74, 6) is -0.410. The lowest BCUT2D eigenvalue weighted by Gasteiger charge is -2.31. The lowest BCUT2D eigenvalue weighted by Crippen LogP contribution is -2.45. The van der Waals surface area contributed by atoms with Gasteiger partial charge in [0.1, 0.15) is 18.4 Å². The lowest BCUT2D eigenvalue weighted by molar-refractivity contribution is -0.127. The second-order valence-corrected chi connectivity index (χ2v) is 8.91. The predicted molar refractivity (Wildman–Crippen MR) is 137 cm³/mol. The maximum absolute atomic E-state index is 13.8. The average Bonchev–Trinajstić information content (AvgIpc) is 3.36. The summed E-state index contributed by atoms with van der Waals surface area (Å²) in [6.07, 6.45) is 3.99. The van der Waals surface area contributed by atoms with Crippen LogP contribution in [0.2, 0.25) is 0 Å². The summed E-state index contributed by atoms with van der Waals surface area (Å²) in [5, 5.41) is 15.3. The molecule has 0 saturated carbocycles. The van der Waals surface area contributed by atoms with Crippen LogP contribution >= 0.6 is 0 Å². The Balaban J connectivity index is 1.65. The average molecular weight is 502 g/mol. The van der Waals surface area contributed by atoms with E-state index in [-0.39, 0.29) is 24.1 Å². The molecule has 0 radical (unpaired) electrons. The van der Waals surface area contributed by atoms with Crippen molar-refractivity contribution >= 4 is 17.5 Å². The number of rotatable bonds is 10. The van der Waals surface area contributed by atoms with Crippen LogP contribution in [0, 0.1) is 11.7 Å². The van der Waals surface area contributed by atoms with Gasteiger partial charge in [0.05, 0.1) is 0 Å². The van der Waals surface area contributed by atoms with Gasteiger partial charge in [-0.2, -0.15) is 4.80 Å². The second-order valence-electron chi connectivity index (χ2n) is 8.91. The standard InChI is InChI=1S/C27H28FN7O2/c1-19(2)12-17-30-27(37)25(20-13-15-29-16-14-20)35(23-6-4-3-5-7-23)24(36)18-34-32-26(31-33-34)21-8-10-22(28)11-9-21/h3-11,13-16,19,25H,12,17-18H2,1-2H3,(H,30,37)/t25-/m0/s1. The molecule has 2 aromatic carbocycles. The van der Waals surface area contributed by atoms with Crippen molar-refractivity contribution in [2.45, 2.75) is 32.9 Å². The summed E-state index contributed by atoms with van der Waals surface area (Å²) < 4.78 is 13.3. The Kier molecular flexibility index (Phi) is 8.29. The van der Waals surface area contributed by atoms with E-state index in [9.17, 15) is 14.0 Å². The first-order valence-electron chi connectivity index (χ1n) is 12.0. The maximum Gasteiger partial charge on any atom is 0.251 e. The van der Waals surface area contributed by atoms with Crippen LogP contribution in [0.1, 0.15) is 31.9 Å². The number of halogens is 1. The molecule has 1 N–H and O–H groups in total. The highest BCUT2D eigenvalue weighted by atomic mass is 19.1. The molecule has 0 aliphatic rings. The number of nitrogens with one attached hydrogen (secondary N) is 1. The van der Waals surface area contributed by atoms with Crippen LogP contribution in [0.5, 0.6) is 0 Å². The first-order valence-corrected chi connectivity index (χ1v) is 12.0. The minimum Gasteiger partial charge on any atom is -0.354 e. The van der Waals surface area contributed by atoms with E-state index in [0.717, 1.165) is 11.2 Å². The fourth-order valence-electron chi connectivity index (χ4n) is 3.79. The van der Waals surface area contributed by atoms with E-state index in [1.54, 1.807) is 48.8 Å². The van der Waals surface area contributed by atoms with Crippen LogP contribution in [-0.2, 0) is 16.1 Å². The molecule has 2 aromatic heterocycles. The summed E-state index contributed by atoms with van der Waals surface area (Å²) in [6, 6.07) is 17.2. The molecule has 2 amide bonds. The molecule has 9 nitrogen and oxygen atoms in total. The molecule has 0 aliphatic heterocycles. The molecule has 0 aliphatic carbocycles. The van der Waals surface area contributed by atoms with Gasteiger partial charge in [-0.3, -0.25) is 19.5 Å². The van der Waals surface area contributed by atoms with E-state index >= 15 is 0 Å². The van der Waals surface area contributed by atoms with Crippen molar-refractivity contribution in [3.8, 4) is 11.4 Å². The van der Waals surface area contributed by atoms with Gasteiger partial charge < -0.3 is 5.32 Å². The molecule has 37 heavy (non-hydrogen) atoms. The molecule has 190 valence electrons. The number of pyridine rings is 1. The zero-order valence-corrected chi connectivity index (χ0v) is 20.7. The Bertz CT molecular complexity index is 1310. The minimum atomic E-state index is -0.940. The Morgan fingerprint density at radius 1 is 1.00 bits per heavy atom. The number of aromatic nitrogens is 5. The highest BCUT2D eigenvalue weighted by Crippen LogP contribution is 2.28. The molecule has 2 heterocycles. The largest absolute Gasteiger partial charge is 0.354 e. The highest BCUT2D eigenvalue weighted by Gasteiger charge is 2.33. The fraction of sp³-hybridized carbons (Fsp3) is 0.259. The van der Waals surface area contributed by atoms with E-state index in [0.29, 0.717) is 29.3 Å². The monoisotopic (exact) mass is 501 g/mol. The highest BCUT2D eigenvalue weighted by molar-refractivity contribution is 6.01. The van der Waals surface area contributed by atoms with Crippen LogP contribution in [0.25, 0.3) is 11.4 Å². The van der Waals surface area contributed by atoms with E-state index in [1.807, 2.05) is 6.07 Å². The fourth-order valence-corrected chi connectivity index (χ4v) is 3.79. The molecular weight excluding hydrogens is 473 g/mol. The summed E-state index contributed by atoms with van der Waals surface area (Å²) in [6.45, 7) is 4.39. The molecule has 4 aromatic rings. The van der Waals surface area contributed by atoms with E-state index in [2.05, 4.69) is 39.6 Å². The predicted octanol–water partition coefficient (Wildman–Crippen LogP) is 3.81. The van der Waals surface area contributed by atoms with Crippen molar-refractivity contribution in [3.63, 3.8) is 0 Å². The smallest absolute Gasteiger partial charge is 0.251 e. The van der Waals surface area contributed by atoms with Gasteiger partial charge >= 0.3 is 0 Å². The number of carbonyl (C=O) groups is 2. The van der Waals surface area contributed by atoms with Crippen molar-refractivity contribution < 1.29 is 14.0 Å². The number of amides is 2. The van der Waals surface area contributed by atoms with Crippen molar-refractivity contribution in [2.24, 2.45) is 5.92 Å². The zero-order valence-electron chi connectivity index (χ0n) is 20.7. The molecule has 10 heteroatoms. The molecule has 1 atom stereocenters. The zero-order chi connectivity index (χ0) is 26.2. The van der Waals surface area contributed by atoms with Crippen molar-refractivity contribution in [2.75, 3.05) is 11.4 Å². The molecular formula is C27H28FN7O2. The van der Waals surface area contributed by atoms with Crippen molar-refractivity contribution in [1.29, 1.82) is 0 Å². The number of tetrazole rings is 1. The van der Waals surface area contributed by atoms with Gasteiger partial charge in [-0.15, -0.1) is 10.2 Å². The van der Waals surface area contributed by atoms with E-state index in [4.69, 9.17) is 0 Å². The number of para-hydroxylation sites is 1. The van der Waals surface area contributed by atoms with Crippen LogP contribution < -0.4 is 10.2 Å². The molecule has 0 saturated heterocycles. The number of benzene rings is 2. The molecule has 4 rings (SSSR count). The van der Waals surface area contributed by atoms with Gasteiger partial charge in [-0.1, -0.05) is 32.0 Å². The van der Waals surface area contributed by atoms with Crippen molar-refractivity contribution in [3.05, 3.63) is 90.5 Å². The Morgan fingerprint density at radius 3 is 2.38 bits per heavy atom. The Labute approximate surface area is 214 Å². The van der Waals surface area contributed by atoms with Gasteiger partial charge in [0, 0.05) is 30.2 Å². The Hall–Kier alpha value is -4.47. The normalized spacial score (nSPS) is 11.8. The molecule has 0 bridgehead atoms. The number of hydrogen-bond acceptors (Lipinski definition) is 6. The van der Waals surface area contributed by atoms with Crippen LogP contribution in [0.4, 0.5) is 10.1 Å². The number of nitrogens with zero attached hydrogens (tertiary/aromatic N) is 6. The summed E-state index contributed by atoms with van der Waals surface area (Å²) >= 11 is 0. The van der Waals surface area contributed by atoms with Crippen LogP contribution in [-0.4, -0.2) is 43.6 Å². The van der Waals surface area contributed by atoms with Gasteiger partial charge in [-0.05, 0) is 71.6 Å². The second kappa shape index (κ2) is 12.0. The number of anilines is 1. The SMILES string of the molecule is CC(C)CCNC(=O)[C@H](c1ccncc1)N(C(=O)Cn1nnc(-c2ccc(F)cc2)n1)c1ccccc1. The van der Waals surface area contributed by atoms with Gasteiger partial charge in [0.2, 0.25) is 11.7 Å². The first-order chi connectivity index (χ1) is 17.9. The third kappa shape index (κ3) is 6.60. The first kappa shape index (κ1) is 25.6. The van der Waals surface area contributed by atoms with Gasteiger partial charge in [0.25, 0.3) is 5.91 Å².